The predicted octanol–water partition coefficient (Wildman–Crippen LogP) is 8.94. The zero-order valence-electron chi connectivity index (χ0n) is 23.2. The molecule has 3 aromatic rings. The number of carbonyl (C=O) groups is 1. The van der Waals surface area contributed by atoms with E-state index in [-0.39, 0.29) is 5.88 Å². The molecule has 5 nitrogen and oxygen atoms in total. The summed E-state index contributed by atoms with van der Waals surface area (Å²) in [5, 5.41) is 0. The molecule has 0 saturated heterocycles. The van der Waals surface area contributed by atoms with Gasteiger partial charge in [0.2, 0.25) is 5.88 Å². The van der Waals surface area contributed by atoms with Gasteiger partial charge >= 0.3 is 5.97 Å². The molecule has 0 radical (unpaired) electrons. The van der Waals surface area contributed by atoms with Gasteiger partial charge in [-0.1, -0.05) is 77.2 Å². The zero-order chi connectivity index (χ0) is 27.0. The average molecular weight is 515 g/mol. The minimum absolute atomic E-state index is 0.173. The number of nitrogens with zero attached hydrogens (tertiary/aromatic N) is 2. The van der Waals surface area contributed by atoms with E-state index in [1.165, 1.54) is 51.1 Å². The van der Waals surface area contributed by atoms with Crippen LogP contribution in [0.1, 0.15) is 94.5 Å². The molecular weight excluding hydrogens is 472 g/mol. The largest absolute Gasteiger partial charge is 0.494 e. The quantitative estimate of drug-likeness (QED) is 0.141. The van der Waals surface area contributed by atoms with Crippen molar-refractivity contribution in [2.45, 2.75) is 78.6 Å². The Morgan fingerprint density at radius 1 is 0.895 bits per heavy atom. The average Bonchev–Trinajstić information content (AvgIpc) is 2.96. The van der Waals surface area contributed by atoms with Gasteiger partial charge in [0.1, 0.15) is 5.75 Å². The van der Waals surface area contributed by atoms with Gasteiger partial charge in [0.05, 0.1) is 30.3 Å². The van der Waals surface area contributed by atoms with Gasteiger partial charge in [0.25, 0.3) is 0 Å². The van der Waals surface area contributed by atoms with Gasteiger partial charge in [0, 0.05) is 5.56 Å². The van der Waals surface area contributed by atoms with Crippen LogP contribution in [0.15, 0.2) is 67.0 Å². The lowest BCUT2D eigenvalue weighted by molar-refractivity contribution is 0.0727. The summed E-state index contributed by atoms with van der Waals surface area (Å²) >= 11 is 0. The van der Waals surface area contributed by atoms with Crippen molar-refractivity contribution in [2.24, 2.45) is 5.92 Å². The van der Waals surface area contributed by atoms with E-state index in [1.54, 1.807) is 18.3 Å². The molecule has 0 amide bonds. The van der Waals surface area contributed by atoms with Crippen molar-refractivity contribution in [3.8, 4) is 22.9 Å². The number of aromatic nitrogens is 2. The SMILES string of the molecule is CCCCCCC/C=C/c1ccc(C(=O)Oc2cnc(-c3ccc(OCCC[C@@H](C)CC)cc3)cn2)cc1. The molecule has 38 heavy (non-hydrogen) atoms. The number of rotatable bonds is 16. The van der Waals surface area contributed by atoms with Crippen molar-refractivity contribution < 1.29 is 14.3 Å². The van der Waals surface area contributed by atoms with Crippen LogP contribution in [0.3, 0.4) is 0 Å². The monoisotopic (exact) mass is 514 g/mol. The maximum atomic E-state index is 12.5. The fourth-order valence-corrected chi connectivity index (χ4v) is 4.04. The maximum Gasteiger partial charge on any atom is 0.344 e. The van der Waals surface area contributed by atoms with Gasteiger partial charge in [-0.2, -0.15) is 0 Å². The van der Waals surface area contributed by atoms with Crippen LogP contribution in [0.2, 0.25) is 0 Å². The summed E-state index contributed by atoms with van der Waals surface area (Å²) in [4.78, 5) is 21.2. The molecule has 3 rings (SSSR count). The van der Waals surface area contributed by atoms with Crippen molar-refractivity contribution in [3.05, 3.63) is 78.1 Å². The third kappa shape index (κ3) is 10.1. The third-order valence-electron chi connectivity index (χ3n) is 6.71. The van der Waals surface area contributed by atoms with E-state index >= 15 is 0 Å². The molecule has 202 valence electrons. The summed E-state index contributed by atoms with van der Waals surface area (Å²) in [5.74, 6) is 1.31. The molecule has 0 bridgehead atoms. The number of carbonyl (C=O) groups excluding carboxylic acids is 1. The van der Waals surface area contributed by atoms with E-state index < -0.39 is 5.97 Å². The molecule has 0 aliphatic rings. The van der Waals surface area contributed by atoms with E-state index in [9.17, 15) is 4.79 Å². The first-order chi connectivity index (χ1) is 18.6. The number of unbranched alkanes of at least 4 members (excludes halogenated alkanes) is 5. The first-order valence-electron chi connectivity index (χ1n) is 14.1. The Morgan fingerprint density at radius 3 is 2.34 bits per heavy atom. The minimum atomic E-state index is -0.451. The molecule has 0 N–H and O–H groups in total. The minimum Gasteiger partial charge on any atom is -0.494 e. The summed E-state index contributed by atoms with van der Waals surface area (Å²) < 4.78 is 11.3. The Bertz CT molecular complexity index is 1110. The highest BCUT2D eigenvalue weighted by molar-refractivity contribution is 5.91. The first-order valence-corrected chi connectivity index (χ1v) is 14.1. The molecule has 1 heterocycles. The highest BCUT2D eigenvalue weighted by Crippen LogP contribution is 2.22. The van der Waals surface area contributed by atoms with Crippen LogP contribution in [-0.4, -0.2) is 22.5 Å². The Balaban J connectivity index is 1.45. The van der Waals surface area contributed by atoms with Crippen LogP contribution in [-0.2, 0) is 0 Å². The van der Waals surface area contributed by atoms with Crippen molar-refractivity contribution in [2.75, 3.05) is 6.61 Å². The van der Waals surface area contributed by atoms with Crippen LogP contribution in [0, 0.1) is 5.92 Å². The molecule has 1 aromatic heterocycles. The van der Waals surface area contributed by atoms with E-state index in [0.717, 1.165) is 42.2 Å². The molecule has 1 atom stereocenters. The second kappa shape index (κ2) is 16.4. The fourth-order valence-electron chi connectivity index (χ4n) is 4.04. The van der Waals surface area contributed by atoms with Crippen molar-refractivity contribution >= 4 is 12.0 Å². The summed E-state index contributed by atoms with van der Waals surface area (Å²) in [7, 11) is 0. The standard InChI is InChI=1S/C33H42N2O3/c1-4-6-7-8-9-10-11-14-27-15-17-29(18-16-27)33(36)38-32-25-34-31(24-35-32)28-19-21-30(22-20-28)37-23-12-13-26(3)5-2/h11,14-22,24-26H,4-10,12-13,23H2,1-3H3/b14-11+/t26-/m0/s1. The molecular formula is C33H42N2O3. The van der Waals surface area contributed by atoms with Gasteiger partial charge in [-0.3, -0.25) is 0 Å². The Kier molecular flexibility index (Phi) is 12.5. The van der Waals surface area contributed by atoms with Crippen LogP contribution in [0.5, 0.6) is 11.6 Å². The number of hydrogen-bond acceptors (Lipinski definition) is 5. The smallest absolute Gasteiger partial charge is 0.344 e. The van der Waals surface area contributed by atoms with E-state index in [2.05, 4.69) is 42.9 Å². The normalized spacial score (nSPS) is 12.0. The molecule has 5 heteroatoms. The van der Waals surface area contributed by atoms with Crippen LogP contribution < -0.4 is 9.47 Å². The zero-order valence-corrected chi connectivity index (χ0v) is 23.2. The third-order valence-corrected chi connectivity index (χ3v) is 6.71. The van der Waals surface area contributed by atoms with Gasteiger partial charge in [-0.05, 0) is 73.6 Å². The summed E-state index contributed by atoms with van der Waals surface area (Å²) in [5.41, 5.74) is 3.18. The Hall–Kier alpha value is -3.47. The van der Waals surface area contributed by atoms with Crippen molar-refractivity contribution in [3.63, 3.8) is 0 Å². The topological polar surface area (TPSA) is 61.3 Å². The summed E-state index contributed by atoms with van der Waals surface area (Å²) in [6.07, 6.45) is 18.3. The first kappa shape index (κ1) is 29.1. The number of hydrogen-bond donors (Lipinski definition) is 0. The van der Waals surface area contributed by atoms with Gasteiger partial charge in [-0.25, -0.2) is 14.8 Å². The Morgan fingerprint density at radius 2 is 1.66 bits per heavy atom. The van der Waals surface area contributed by atoms with E-state index in [1.807, 2.05) is 36.4 Å². The van der Waals surface area contributed by atoms with Gasteiger partial charge in [-0.15, -0.1) is 0 Å². The predicted molar refractivity (Wildman–Crippen MR) is 155 cm³/mol. The summed E-state index contributed by atoms with van der Waals surface area (Å²) in [6, 6.07) is 15.2. The fraction of sp³-hybridized carbons (Fsp3) is 0.424. The lowest BCUT2D eigenvalue weighted by Crippen LogP contribution is -2.09. The molecule has 2 aromatic carbocycles. The number of esters is 1. The van der Waals surface area contributed by atoms with Crippen LogP contribution >= 0.6 is 0 Å². The molecule has 0 unspecified atom stereocenters. The highest BCUT2D eigenvalue weighted by atomic mass is 16.5. The second-order valence-corrected chi connectivity index (χ2v) is 9.89. The van der Waals surface area contributed by atoms with E-state index in [4.69, 9.17) is 9.47 Å². The molecule has 0 aliphatic carbocycles. The number of benzene rings is 2. The molecule has 0 aliphatic heterocycles. The van der Waals surface area contributed by atoms with E-state index in [0.29, 0.717) is 11.3 Å². The lowest BCUT2D eigenvalue weighted by Gasteiger charge is -2.10. The maximum absolute atomic E-state index is 12.5. The summed E-state index contributed by atoms with van der Waals surface area (Å²) in [6.45, 7) is 7.45. The second-order valence-electron chi connectivity index (χ2n) is 9.89. The molecule has 0 saturated carbocycles. The molecule has 0 spiro atoms. The van der Waals surface area contributed by atoms with Gasteiger partial charge < -0.3 is 9.47 Å². The Labute approximate surface area is 228 Å². The van der Waals surface area contributed by atoms with Crippen LogP contribution in [0.25, 0.3) is 17.3 Å². The highest BCUT2D eigenvalue weighted by Gasteiger charge is 2.10. The van der Waals surface area contributed by atoms with Crippen molar-refractivity contribution in [1.82, 2.24) is 9.97 Å². The lowest BCUT2D eigenvalue weighted by atomic mass is 10.0. The van der Waals surface area contributed by atoms with Gasteiger partial charge in [0.15, 0.2) is 0 Å². The number of allylic oxidation sites excluding steroid dienone is 1. The molecule has 0 fully saturated rings. The number of ether oxygens (including phenoxy) is 2. The van der Waals surface area contributed by atoms with Crippen LogP contribution in [0.4, 0.5) is 0 Å². The van der Waals surface area contributed by atoms with Crippen molar-refractivity contribution in [1.29, 1.82) is 0 Å².